The highest BCUT2D eigenvalue weighted by Crippen LogP contribution is 2.39. The Bertz CT molecular complexity index is 988. The predicted molar refractivity (Wildman–Crippen MR) is 112 cm³/mol. The molecule has 0 spiro atoms. The molecule has 2 aromatic rings. The highest BCUT2D eigenvalue weighted by atomic mass is 35.5. The first-order valence-electron chi connectivity index (χ1n) is 9.37. The number of rotatable bonds is 6. The topological polar surface area (TPSA) is 84.2 Å². The average Bonchev–Trinajstić information content (AvgIpc) is 3.19. The van der Waals surface area contributed by atoms with Gasteiger partial charge in [0.25, 0.3) is 5.91 Å². The van der Waals surface area contributed by atoms with Crippen molar-refractivity contribution in [3.05, 3.63) is 44.8 Å². The van der Waals surface area contributed by atoms with Crippen LogP contribution < -0.4 is 16.4 Å². The Morgan fingerprint density at radius 1 is 1.23 bits per heavy atom. The second kappa shape index (κ2) is 8.47. The molecule has 162 valence electrons. The number of carbonyl (C=O) groups is 2. The van der Waals surface area contributed by atoms with Gasteiger partial charge >= 0.3 is 6.18 Å². The first-order chi connectivity index (χ1) is 14.0. The Hall–Kier alpha value is -2.26. The molecule has 3 rings (SSSR count). The number of amides is 2. The molecule has 1 aliphatic carbocycles. The lowest BCUT2D eigenvalue weighted by molar-refractivity contribution is -0.137. The first-order valence-corrected chi connectivity index (χ1v) is 10.6. The fraction of sp³-hybridized carbons (Fsp3) is 0.400. The van der Waals surface area contributed by atoms with Crippen molar-refractivity contribution in [2.24, 2.45) is 11.7 Å². The van der Waals surface area contributed by atoms with Crippen LogP contribution in [0.15, 0.2) is 18.2 Å². The minimum atomic E-state index is -4.51. The van der Waals surface area contributed by atoms with Crippen molar-refractivity contribution in [2.75, 3.05) is 10.6 Å². The number of aryl methyl sites for hydroxylation is 1. The van der Waals surface area contributed by atoms with Crippen molar-refractivity contribution < 1.29 is 22.8 Å². The second-order valence-electron chi connectivity index (χ2n) is 7.47. The van der Waals surface area contributed by atoms with Crippen LogP contribution in [0.3, 0.4) is 0 Å². The summed E-state index contributed by atoms with van der Waals surface area (Å²) in [6.45, 7) is 3.58. The van der Waals surface area contributed by atoms with Crippen LogP contribution in [0.25, 0.3) is 0 Å². The fourth-order valence-electron chi connectivity index (χ4n) is 3.45. The number of primary amides is 1. The Morgan fingerprint density at radius 3 is 2.50 bits per heavy atom. The van der Waals surface area contributed by atoms with Gasteiger partial charge in [-0.3, -0.25) is 9.59 Å². The molecule has 2 amide bonds. The summed E-state index contributed by atoms with van der Waals surface area (Å²) in [4.78, 5) is 25.9. The Labute approximate surface area is 180 Å². The van der Waals surface area contributed by atoms with Crippen molar-refractivity contribution >= 4 is 45.4 Å². The molecule has 1 aromatic heterocycles. The van der Waals surface area contributed by atoms with Crippen molar-refractivity contribution in [3.63, 3.8) is 0 Å². The highest BCUT2D eigenvalue weighted by Gasteiger charge is 2.32. The molecular weight excluding hydrogens is 439 g/mol. The summed E-state index contributed by atoms with van der Waals surface area (Å²) in [5.41, 5.74) is 6.10. The zero-order valence-electron chi connectivity index (χ0n) is 16.3. The molecule has 0 saturated heterocycles. The van der Waals surface area contributed by atoms with Crippen molar-refractivity contribution in [1.29, 1.82) is 0 Å². The summed E-state index contributed by atoms with van der Waals surface area (Å²) >= 11 is 7.35. The molecule has 1 heterocycles. The minimum absolute atomic E-state index is 0.142. The van der Waals surface area contributed by atoms with E-state index >= 15 is 0 Å². The zero-order chi connectivity index (χ0) is 22.2. The molecule has 1 atom stereocenters. The van der Waals surface area contributed by atoms with Gasteiger partial charge in [-0.25, -0.2) is 0 Å². The predicted octanol–water partition coefficient (Wildman–Crippen LogP) is 5.08. The van der Waals surface area contributed by atoms with Gasteiger partial charge in [0.15, 0.2) is 0 Å². The van der Waals surface area contributed by atoms with Gasteiger partial charge < -0.3 is 16.4 Å². The maximum Gasteiger partial charge on any atom is 0.416 e. The number of halogens is 4. The zero-order valence-corrected chi connectivity index (χ0v) is 17.9. The Kier molecular flexibility index (Phi) is 6.33. The highest BCUT2D eigenvalue weighted by molar-refractivity contribution is 7.17. The molecule has 1 aromatic carbocycles. The normalized spacial score (nSPS) is 14.5. The van der Waals surface area contributed by atoms with Crippen molar-refractivity contribution in [1.82, 2.24) is 0 Å². The van der Waals surface area contributed by atoms with E-state index in [1.807, 2.05) is 0 Å². The van der Waals surface area contributed by atoms with Gasteiger partial charge in [0.2, 0.25) is 5.91 Å². The van der Waals surface area contributed by atoms with Crippen molar-refractivity contribution in [2.45, 2.75) is 45.3 Å². The number of alkyl halides is 3. The molecule has 30 heavy (non-hydrogen) atoms. The number of nitrogens with two attached hydrogens (primary N) is 1. The molecule has 1 aliphatic rings. The third kappa shape index (κ3) is 4.57. The number of anilines is 2. The van der Waals surface area contributed by atoms with Crippen LogP contribution in [-0.2, 0) is 23.8 Å². The lowest BCUT2D eigenvalue weighted by Crippen LogP contribution is -2.39. The van der Waals surface area contributed by atoms with Crippen LogP contribution in [0.1, 0.15) is 46.6 Å². The fourth-order valence-corrected chi connectivity index (χ4v) is 4.99. The first kappa shape index (κ1) is 22.4. The lowest BCUT2D eigenvalue weighted by Gasteiger charge is -2.23. The third-order valence-corrected chi connectivity index (χ3v) is 6.48. The summed E-state index contributed by atoms with van der Waals surface area (Å²) < 4.78 is 38.6. The minimum Gasteiger partial charge on any atom is -0.372 e. The van der Waals surface area contributed by atoms with E-state index in [-0.39, 0.29) is 16.6 Å². The van der Waals surface area contributed by atoms with E-state index in [0.29, 0.717) is 10.6 Å². The van der Waals surface area contributed by atoms with E-state index < -0.39 is 29.6 Å². The van der Waals surface area contributed by atoms with Crippen LogP contribution in [-0.4, -0.2) is 17.9 Å². The molecule has 4 N–H and O–H groups in total. The van der Waals surface area contributed by atoms with Crippen LogP contribution in [0.5, 0.6) is 0 Å². The largest absolute Gasteiger partial charge is 0.416 e. The Balaban J connectivity index is 1.83. The SMILES string of the molecule is CC(C)[C@@H](Nc1ccc(C(F)(F)F)cc1Cl)C(=O)Nc1sc2c(c1C(N)=O)CCC2. The molecule has 0 fully saturated rings. The smallest absolute Gasteiger partial charge is 0.372 e. The van der Waals surface area contributed by atoms with Gasteiger partial charge in [-0.1, -0.05) is 25.4 Å². The van der Waals surface area contributed by atoms with Crippen LogP contribution >= 0.6 is 22.9 Å². The number of hydrogen-bond donors (Lipinski definition) is 3. The third-order valence-electron chi connectivity index (χ3n) is 4.96. The molecule has 0 saturated carbocycles. The summed E-state index contributed by atoms with van der Waals surface area (Å²) in [6.07, 6.45) is -1.99. The standard InChI is InChI=1S/C20H21ClF3N3O2S/c1-9(2)16(26-13-7-6-10(8-12(13)21)20(22,23)24)18(29)27-19-15(17(25)28)11-4-3-5-14(11)30-19/h6-9,16,26H,3-5H2,1-2H3,(H2,25,28)(H,27,29)/t16-/m1/s1. The Morgan fingerprint density at radius 2 is 1.93 bits per heavy atom. The molecule has 10 heteroatoms. The van der Waals surface area contributed by atoms with Crippen molar-refractivity contribution in [3.8, 4) is 0 Å². The van der Waals surface area contributed by atoms with Gasteiger partial charge in [-0.15, -0.1) is 11.3 Å². The molecular formula is C20H21ClF3N3O2S. The number of benzene rings is 1. The maximum absolute atomic E-state index is 13.0. The van der Waals surface area contributed by atoms with E-state index in [0.717, 1.165) is 41.8 Å². The molecule has 0 unspecified atom stereocenters. The van der Waals surface area contributed by atoms with Crippen LogP contribution in [0, 0.1) is 5.92 Å². The monoisotopic (exact) mass is 459 g/mol. The second-order valence-corrected chi connectivity index (χ2v) is 8.99. The number of thiophene rings is 1. The van der Waals surface area contributed by atoms with Gasteiger partial charge in [-0.05, 0) is 48.9 Å². The molecule has 5 nitrogen and oxygen atoms in total. The number of carbonyl (C=O) groups excluding carboxylic acids is 2. The van der Waals surface area contributed by atoms with E-state index in [1.54, 1.807) is 13.8 Å². The number of fused-ring (bicyclic) bond motifs is 1. The summed E-state index contributed by atoms with van der Waals surface area (Å²) in [5, 5.41) is 5.96. The number of hydrogen-bond acceptors (Lipinski definition) is 4. The van der Waals surface area contributed by atoms with Gasteiger partial charge in [-0.2, -0.15) is 13.2 Å². The number of nitrogens with one attached hydrogen (secondary N) is 2. The average molecular weight is 460 g/mol. The molecule has 0 bridgehead atoms. The molecule has 0 radical (unpaired) electrons. The quantitative estimate of drug-likeness (QED) is 0.563. The van der Waals surface area contributed by atoms with E-state index in [9.17, 15) is 22.8 Å². The lowest BCUT2D eigenvalue weighted by atomic mass is 10.0. The van der Waals surface area contributed by atoms with E-state index in [1.165, 1.54) is 17.4 Å². The van der Waals surface area contributed by atoms with Gasteiger partial charge in [0, 0.05) is 4.88 Å². The van der Waals surface area contributed by atoms with Crippen LogP contribution in [0.2, 0.25) is 5.02 Å². The summed E-state index contributed by atoms with van der Waals surface area (Å²) in [5.74, 6) is -1.24. The van der Waals surface area contributed by atoms with E-state index in [2.05, 4.69) is 10.6 Å². The maximum atomic E-state index is 13.0. The molecule has 0 aliphatic heterocycles. The van der Waals surface area contributed by atoms with Gasteiger partial charge in [0.05, 0.1) is 21.8 Å². The van der Waals surface area contributed by atoms with E-state index in [4.69, 9.17) is 17.3 Å². The summed E-state index contributed by atoms with van der Waals surface area (Å²) in [7, 11) is 0. The van der Waals surface area contributed by atoms with Gasteiger partial charge in [0.1, 0.15) is 11.0 Å². The van der Waals surface area contributed by atoms with Crippen LogP contribution in [0.4, 0.5) is 23.9 Å². The summed E-state index contributed by atoms with van der Waals surface area (Å²) in [6, 6.07) is 2.12.